The normalized spacial score (nSPS) is 14.2. The Labute approximate surface area is 152 Å². The second-order valence-corrected chi connectivity index (χ2v) is 8.42. The van der Waals surface area contributed by atoms with E-state index in [1.54, 1.807) is 31.4 Å². The minimum absolute atomic E-state index is 0.149. The average Bonchev–Trinajstić information content (AvgIpc) is 3.05. The Bertz CT molecular complexity index is 791. The summed E-state index contributed by atoms with van der Waals surface area (Å²) in [6, 6.07) is 0. The van der Waals surface area contributed by atoms with E-state index >= 15 is 0 Å². The number of sulfonamides is 1. The molecule has 0 spiro atoms. The van der Waals surface area contributed by atoms with Crippen LogP contribution in [0.1, 0.15) is 13.8 Å². The van der Waals surface area contributed by atoms with Gasteiger partial charge in [-0.3, -0.25) is 0 Å². The molecule has 1 heterocycles. The van der Waals surface area contributed by atoms with Gasteiger partial charge < -0.3 is 0 Å². The molecule has 7 nitrogen and oxygen atoms in total. The van der Waals surface area contributed by atoms with E-state index in [2.05, 4.69) is 33.1 Å². The molecule has 130 valence electrons. The Balaban J connectivity index is 3.16. The zero-order valence-corrected chi connectivity index (χ0v) is 16.3. The fraction of sp³-hybridized carbons (Fsp3) is 0.133. The van der Waals surface area contributed by atoms with Gasteiger partial charge in [-0.05, 0) is 0 Å². The number of rotatable bonds is 9. The molecule has 0 aromatic carbocycles. The van der Waals surface area contributed by atoms with Crippen LogP contribution in [0.15, 0.2) is 73.6 Å². The molecule has 1 N–H and O–H groups in total. The molecule has 9 heteroatoms. The van der Waals surface area contributed by atoms with E-state index < -0.39 is 31.2 Å². The summed E-state index contributed by atoms with van der Waals surface area (Å²) in [7, 11) is -3.72. The fourth-order valence-corrected chi connectivity index (χ4v) is 4.33. The average molecular weight is 461 g/mol. The molecule has 0 radical (unpaired) electrons. The second-order valence-electron chi connectivity index (χ2n) is 4.09. The Morgan fingerprint density at radius 2 is 2.17 bits per heavy atom. The van der Waals surface area contributed by atoms with Gasteiger partial charge in [0.1, 0.15) is 0 Å². The van der Waals surface area contributed by atoms with Crippen molar-refractivity contribution in [3.8, 4) is 0 Å². The van der Waals surface area contributed by atoms with Crippen LogP contribution in [0.4, 0.5) is 0 Å². The molecule has 1 aromatic heterocycles. The summed E-state index contributed by atoms with van der Waals surface area (Å²) in [5, 5.41) is 7.43. The Hall–Kier alpha value is -2.01. The first-order chi connectivity index (χ1) is 11.4. The fourth-order valence-electron chi connectivity index (χ4n) is 1.29. The number of hydrogen-bond acceptors (Lipinski definition) is 6. The van der Waals surface area contributed by atoms with Gasteiger partial charge in [-0.2, -0.15) is 0 Å². The van der Waals surface area contributed by atoms with Crippen LogP contribution in [0.5, 0.6) is 0 Å². The van der Waals surface area contributed by atoms with E-state index in [1.165, 1.54) is 25.5 Å². The van der Waals surface area contributed by atoms with Gasteiger partial charge in [0.15, 0.2) is 0 Å². The number of hydrogen-bond donors (Lipinski definition) is 1. The third-order valence-electron chi connectivity index (χ3n) is 2.42. The number of nitrogens with one attached hydrogen (secondary N) is 1. The Morgan fingerprint density at radius 1 is 1.42 bits per heavy atom. The predicted octanol–water partition coefficient (Wildman–Crippen LogP) is -0.661. The van der Waals surface area contributed by atoms with Crippen LogP contribution in [0, 0.1) is 3.90 Å². The van der Waals surface area contributed by atoms with Crippen molar-refractivity contribution in [2.24, 2.45) is 4.99 Å². The van der Waals surface area contributed by atoms with E-state index in [0.717, 1.165) is 0 Å². The van der Waals surface area contributed by atoms with Crippen molar-refractivity contribution in [2.75, 3.05) is 0 Å². The van der Waals surface area contributed by atoms with Crippen molar-refractivity contribution in [3.05, 3.63) is 68.1 Å². The molecule has 1 aromatic rings. The van der Waals surface area contributed by atoms with Gasteiger partial charge >= 0.3 is 152 Å². The van der Waals surface area contributed by atoms with E-state index in [4.69, 9.17) is 4.42 Å². The maximum absolute atomic E-state index is 12.4. The summed E-state index contributed by atoms with van der Waals surface area (Å²) in [6.45, 7) is 10.4. The predicted molar refractivity (Wildman–Crippen MR) is 89.5 cm³/mol. The van der Waals surface area contributed by atoms with Crippen molar-refractivity contribution in [3.63, 3.8) is 0 Å². The second kappa shape index (κ2) is 9.98. The van der Waals surface area contributed by atoms with Crippen LogP contribution in [0.3, 0.4) is 0 Å². The van der Waals surface area contributed by atoms with Gasteiger partial charge in [0.25, 0.3) is 0 Å². The first kappa shape index (κ1) is 20.0. The quantitative estimate of drug-likeness (QED) is 0.228. The molecule has 0 aliphatic carbocycles. The van der Waals surface area contributed by atoms with Crippen molar-refractivity contribution in [1.82, 2.24) is 14.9 Å². The summed E-state index contributed by atoms with van der Waals surface area (Å²) in [5.74, 6) is 0. The van der Waals surface area contributed by atoms with Crippen molar-refractivity contribution >= 4 is 16.2 Å². The molecular formula is C15H18IN4O3S-. The van der Waals surface area contributed by atoms with Gasteiger partial charge in [-0.25, -0.2) is 0 Å². The van der Waals surface area contributed by atoms with Crippen LogP contribution in [-0.2, 0) is 10.0 Å². The summed E-state index contributed by atoms with van der Waals surface area (Å²) in [6.07, 6.45) is 10.5. The molecule has 0 atom stereocenters. The van der Waals surface area contributed by atoms with Gasteiger partial charge in [0, 0.05) is 0 Å². The van der Waals surface area contributed by atoms with Gasteiger partial charge in [0.2, 0.25) is 0 Å². The van der Waals surface area contributed by atoms with Crippen molar-refractivity contribution < 1.29 is 34.0 Å². The van der Waals surface area contributed by atoms with E-state index in [0.29, 0.717) is 13.3 Å². The standard InChI is InChI=1S/C15H18IN4O3S/c1-5-8-9-10-12(4)24(21,22)20-13(6-2)14(17-7-3)16-15-19-18-11-23-15/h5-11,20H,1-2H2,3-4H3/q-1/b9-8-,12-10+,14-13+,17-7?. The number of aromatic nitrogens is 2. The van der Waals surface area contributed by atoms with Gasteiger partial charge in [0.05, 0.1) is 0 Å². The summed E-state index contributed by atoms with van der Waals surface area (Å²) >= 11 is -0.947. The molecule has 0 bridgehead atoms. The van der Waals surface area contributed by atoms with Crippen molar-refractivity contribution in [1.29, 1.82) is 0 Å². The van der Waals surface area contributed by atoms with Gasteiger partial charge in [-0.1, -0.05) is 0 Å². The van der Waals surface area contributed by atoms with Crippen LogP contribution in [-0.4, -0.2) is 24.8 Å². The molecular weight excluding hydrogens is 443 g/mol. The van der Waals surface area contributed by atoms with E-state index in [1.807, 2.05) is 0 Å². The molecule has 0 saturated heterocycles. The SMILES string of the molecule is C=C/C=C\C=C(/C)S(=O)(=O)N/C(C=C)=C(/N=CC)[I-]c1nnco1. The number of halogens is 1. The molecule has 0 amide bonds. The van der Waals surface area contributed by atoms with E-state index in [9.17, 15) is 8.42 Å². The van der Waals surface area contributed by atoms with Crippen LogP contribution < -0.4 is 25.9 Å². The third-order valence-corrected chi connectivity index (χ3v) is 6.19. The summed E-state index contributed by atoms with van der Waals surface area (Å²) in [4.78, 5) is 4.37. The number of aliphatic imine (C=N–C) groups is 1. The molecule has 0 unspecified atom stereocenters. The van der Waals surface area contributed by atoms with Crippen LogP contribution in [0.2, 0.25) is 0 Å². The first-order valence-corrected chi connectivity index (χ1v) is 10.3. The minimum atomic E-state index is -3.72. The summed E-state index contributed by atoms with van der Waals surface area (Å²) < 4.78 is 33.4. The maximum atomic E-state index is 12.4. The Kier molecular flexibility index (Phi) is 8.33. The Morgan fingerprint density at radius 3 is 2.71 bits per heavy atom. The number of nitrogens with zero attached hydrogens (tertiary/aromatic N) is 3. The molecule has 24 heavy (non-hydrogen) atoms. The molecule has 0 aliphatic heterocycles. The monoisotopic (exact) mass is 461 g/mol. The zero-order valence-electron chi connectivity index (χ0n) is 13.3. The zero-order chi connectivity index (χ0) is 18.0. The van der Waals surface area contributed by atoms with Crippen LogP contribution >= 0.6 is 0 Å². The number of allylic oxidation sites excluding steroid dienone is 6. The molecule has 0 aliphatic rings. The molecule has 0 fully saturated rings. The van der Waals surface area contributed by atoms with Crippen molar-refractivity contribution in [2.45, 2.75) is 13.8 Å². The van der Waals surface area contributed by atoms with Gasteiger partial charge in [-0.15, -0.1) is 0 Å². The molecule has 0 saturated carbocycles. The van der Waals surface area contributed by atoms with Crippen LogP contribution in [0.25, 0.3) is 0 Å². The van der Waals surface area contributed by atoms with E-state index in [-0.39, 0.29) is 4.91 Å². The topological polar surface area (TPSA) is 97.5 Å². The summed E-state index contributed by atoms with van der Waals surface area (Å²) in [5.41, 5.74) is 0.291. The third kappa shape index (κ3) is 6.24. The molecule has 1 rings (SSSR count). The first-order valence-electron chi connectivity index (χ1n) is 6.69.